The first-order valence-electron chi connectivity index (χ1n) is 7.72. The van der Waals surface area contributed by atoms with Gasteiger partial charge in [0.15, 0.2) is 5.13 Å². The maximum absolute atomic E-state index is 5.59. The van der Waals surface area contributed by atoms with Crippen molar-refractivity contribution in [1.29, 1.82) is 0 Å². The highest BCUT2D eigenvalue weighted by molar-refractivity contribution is 7.22. The van der Waals surface area contributed by atoms with Crippen LogP contribution in [0.3, 0.4) is 0 Å². The molecule has 2 heterocycles. The summed E-state index contributed by atoms with van der Waals surface area (Å²) < 4.78 is 1.30. The third kappa shape index (κ3) is 3.20. The molecule has 1 aromatic heterocycles. The van der Waals surface area contributed by atoms with Gasteiger partial charge in [0.2, 0.25) is 0 Å². The van der Waals surface area contributed by atoms with E-state index < -0.39 is 0 Å². The maximum Gasteiger partial charge on any atom is 0.186 e. The fourth-order valence-electron chi connectivity index (χ4n) is 2.78. The maximum atomic E-state index is 5.59. The number of piperazine rings is 1. The highest BCUT2D eigenvalue weighted by Crippen LogP contribution is 2.31. The molecule has 1 aliphatic rings. The average molecular weight is 304 g/mol. The molecule has 0 amide bonds. The number of thiazole rings is 1. The lowest BCUT2D eigenvalue weighted by Crippen LogP contribution is -2.46. The molecule has 1 fully saturated rings. The minimum Gasteiger partial charge on any atom is -0.345 e. The van der Waals surface area contributed by atoms with Crippen molar-refractivity contribution in [1.82, 2.24) is 9.88 Å². The largest absolute Gasteiger partial charge is 0.345 e. The minimum absolute atomic E-state index is 0.788. The van der Waals surface area contributed by atoms with Gasteiger partial charge in [-0.2, -0.15) is 0 Å². The molecular formula is C16H24N4S. The van der Waals surface area contributed by atoms with Crippen LogP contribution in [0.2, 0.25) is 0 Å². The van der Waals surface area contributed by atoms with E-state index in [1.165, 1.54) is 21.0 Å². The van der Waals surface area contributed by atoms with Crippen LogP contribution in [0.5, 0.6) is 0 Å². The smallest absolute Gasteiger partial charge is 0.186 e. The first-order valence-corrected chi connectivity index (χ1v) is 8.54. The molecular weight excluding hydrogens is 280 g/mol. The van der Waals surface area contributed by atoms with Gasteiger partial charge in [-0.1, -0.05) is 11.3 Å². The van der Waals surface area contributed by atoms with Gasteiger partial charge in [0.1, 0.15) is 0 Å². The lowest BCUT2D eigenvalue weighted by molar-refractivity contribution is 0.256. The molecule has 2 aromatic rings. The van der Waals surface area contributed by atoms with Gasteiger partial charge in [-0.15, -0.1) is 0 Å². The number of fused-ring (bicyclic) bond motifs is 1. The van der Waals surface area contributed by atoms with Crippen LogP contribution in [0.1, 0.15) is 17.5 Å². The van der Waals surface area contributed by atoms with E-state index in [2.05, 4.69) is 35.8 Å². The monoisotopic (exact) mass is 304 g/mol. The van der Waals surface area contributed by atoms with Gasteiger partial charge >= 0.3 is 0 Å². The quantitative estimate of drug-likeness (QED) is 0.942. The van der Waals surface area contributed by atoms with Crippen LogP contribution in [0.15, 0.2) is 12.1 Å². The summed E-state index contributed by atoms with van der Waals surface area (Å²) in [7, 11) is 0. The Morgan fingerprint density at radius 1 is 1.14 bits per heavy atom. The summed E-state index contributed by atoms with van der Waals surface area (Å²) in [6.07, 6.45) is 1.10. The first-order chi connectivity index (χ1) is 10.2. The van der Waals surface area contributed by atoms with E-state index in [4.69, 9.17) is 10.7 Å². The van der Waals surface area contributed by atoms with Gasteiger partial charge in [-0.25, -0.2) is 4.98 Å². The van der Waals surface area contributed by atoms with Crippen molar-refractivity contribution in [3.8, 4) is 0 Å². The van der Waals surface area contributed by atoms with Crippen LogP contribution in [-0.4, -0.2) is 49.2 Å². The Hall–Kier alpha value is -1.17. The van der Waals surface area contributed by atoms with Gasteiger partial charge < -0.3 is 10.6 Å². The molecule has 0 atom stereocenters. The molecule has 0 saturated carbocycles. The molecule has 1 aromatic carbocycles. The number of nitrogens with two attached hydrogens (primary N) is 1. The Morgan fingerprint density at radius 3 is 2.57 bits per heavy atom. The average Bonchev–Trinajstić information content (AvgIpc) is 2.89. The van der Waals surface area contributed by atoms with Gasteiger partial charge in [0, 0.05) is 26.2 Å². The second-order valence-corrected chi connectivity index (χ2v) is 6.88. The van der Waals surface area contributed by atoms with E-state index in [1.54, 1.807) is 0 Å². The van der Waals surface area contributed by atoms with Crippen LogP contribution < -0.4 is 10.6 Å². The van der Waals surface area contributed by atoms with Crippen molar-refractivity contribution in [3.05, 3.63) is 23.3 Å². The third-order valence-corrected chi connectivity index (χ3v) is 5.39. The van der Waals surface area contributed by atoms with Crippen molar-refractivity contribution < 1.29 is 0 Å². The van der Waals surface area contributed by atoms with Crippen molar-refractivity contribution in [2.24, 2.45) is 5.73 Å². The fourth-order valence-corrected chi connectivity index (χ4v) is 3.88. The highest BCUT2D eigenvalue weighted by Gasteiger charge is 2.19. The zero-order valence-electron chi connectivity index (χ0n) is 12.9. The SMILES string of the molecule is Cc1cc2nc(N3CCN(CCCN)CC3)sc2cc1C. The molecule has 0 bridgehead atoms. The number of aromatic nitrogens is 1. The van der Waals surface area contributed by atoms with Crippen LogP contribution in [0.4, 0.5) is 5.13 Å². The van der Waals surface area contributed by atoms with Crippen LogP contribution in [-0.2, 0) is 0 Å². The standard InChI is InChI=1S/C16H24N4S/c1-12-10-14-15(11-13(12)2)21-16(18-14)20-8-6-19(7-9-20)5-3-4-17/h10-11H,3-9,17H2,1-2H3. The van der Waals surface area contributed by atoms with Crippen molar-refractivity contribution in [2.45, 2.75) is 20.3 Å². The van der Waals surface area contributed by atoms with Crippen LogP contribution >= 0.6 is 11.3 Å². The van der Waals surface area contributed by atoms with E-state index in [0.717, 1.165) is 51.2 Å². The zero-order chi connectivity index (χ0) is 14.8. The Labute approximate surface area is 130 Å². The zero-order valence-corrected chi connectivity index (χ0v) is 13.7. The number of hydrogen-bond donors (Lipinski definition) is 1. The number of aryl methyl sites for hydroxylation is 2. The minimum atomic E-state index is 0.788. The second-order valence-electron chi connectivity index (χ2n) is 5.87. The Kier molecular flexibility index (Phi) is 4.42. The van der Waals surface area contributed by atoms with Crippen molar-refractivity contribution in [3.63, 3.8) is 0 Å². The normalized spacial score (nSPS) is 16.8. The van der Waals surface area contributed by atoms with E-state index in [-0.39, 0.29) is 0 Å². The molecule has 21 heavy (non-hydrogen) atoms. The molecule has 4 nitrogen and oxygen atoms in total. The number of anilines is 1. The molecule has 0 aliphatic carbocycles. The summed E-state index contributed by atoms with van der Waals surface area (Å²) in [6, 6.07) is 4.48. The molecule has 5 heteroatoms. The third-order valence-electron chi connectivity index (χ3n) is 4.31. The van der Waals surface area contributed by atoms with E-state index in [9.17, 15) is 0 Å². The number of benzene rings is 1. The lowest BCUT2D eigenvalue weighted by Gasteiger charge is -2.34. The summed E-state index contributed by atoms with van der Waals surface area (Å²) in [5, 5.41) is 1.17. The predicted molar refractivity (Wildman–Crippen MR) is 91.4 cm³/mol. The Bertz CT molecular complexity index is 575. The van der Waals surface area contributed by atoms with Crippen LogP contribution in [0.25, 0.3) is 10.2 Å². The molecule has 0 unspecified atom stereocenters. The molecule has 3 rings (SSSR count). The van der Waals surface area contributed by atoms with Gasteiger partial charge in [-0.3, -0.25) is 4.90 Å². The number of hydrogen-bond acceptors (Lipinski definition) is 5. The number of nitrogens with zero attached hydrogens (tertiary/aromatic N) is 3. The molecule has 1 saturated heterocycles. The molecule has 2 N–H and O–H groups in total. The summed E-state index contributed by atoms with van der Waals surface area (Å²) in [5.41, 5.74) is 9.40. The Morgan fingerprint density at radius 2 is 1.86 bits per heavy atom. The fraction of sp³-hybridized carbons (Fsp3) is 0.562. The van der Waals surface area contributed by atoms with Gasteiger partial charge in [0.25, 0.3) is 0 Å². The Balaban J connectivity index is 1.70. The van der Waals surface area contributed by atoms with Crippen LogP contribution in [0, 0.1) is 13.8 Å². The number of rotatable bonds is 4. The van der Waals surface area contributed by atoms with Crippen molar-refractivity contribution >= 4 is 26.7 Å². The highest BCUT2D eigenvalue weighted by atomic mass is 32.1. The molecule has 0 radical (unpaired) electrons. The predicted octanol–water partition coefficient (Wildman–Crippen LogP) is 2.38. The topological polar surface area (TPSA) is 45.4 Å². The van der Waals surface area contributed by atoms with Gasteiger partial charge in [0.05, 0.1) is 10.2 Å². The first kappa shape index (κ1) is 14.8. The lowest BCUT2D eigenvalue weighted by atomic mass is 10.1. The molecule has 114 valence electrons. The van der Waals surface area contributed by atoms with E-state index >= 15 is 0 Å². The van der Waals surface area contributed by atoms with Gasteiger partial charge in [-0.05, 0) is 56.6 Å². The second kappa shape index (κ2) is 6.30. The van der Waals surface area contributed by atoms with E-state index in [1.807, 2.05) is 11.3 Å². The van der Waals surface area contributed by atoms with E-state index in [0.29, 0.717) is 0 Å². The summed E-state index contributed by atoms with van der Waals surface area (Å²) in [6.45, 7) is 10.6. The molecule has 0 spiro atoms. The summed E-state index contributed by atoms with van der Waals surface area (Å²) >= 11 is 1.82. The molecule has 1 aliphatic heterocycles. The summed E-state index contributed by atoms with van der Waals surface area (Å²) in [5.74, 6) is 0. The summed E-state index contributed by atoms with van der Waals surface area (Å²) in [4.78, 5) is 9.76. The van der Waals surface area contributed by atoms with Crippen molar-refractivity contribution in [2.75, 3.05) is 44.2 Å².